The number of amides is 1. The molecule has 0 atom stereocenters. The van der Waals surface area contributed by atoms with Crippen molar-refractivity contribution in [3.05, 3.63) is 54.2 Å². The summed E-state index contributed by atoms with van der Waals surface area (Å²) < 4.78 is 5.52. The largest absolute Gasteiger partial charge is 0.494 e. The molecule has 172 valence electrons. The molecular formula is C26H36N4O2. The van der Waals surface area contributed by atoms with E-state index in [0.717, 1.165) is 70.1 Å². The molecule has 0 bridgehead atoms. The van der Waals surface area contributed by atoms with Crippen molar-refractivity contribution in [3.63, 3.8) is 0 Å². The van der Waals surface area contributed by atoms with Crippen LogP contribution in [0.15, 0.2) is 48.7 Å². The molecule has 6 heteroatoms. The highest BCUT2D eigenvalue weighted by atomic mass is 16.5. The molecule has 2 saturated heterocycles. The predicted molar refractivity (Wildman–Crippen MR) is 128 cm³/mol. The molecule has 2 fully saturated rings. The summed E-state index contributed by atoms with van der Waals surface area (Å²) in [5, 5.41) is 0. The molecule has 1 aromatic heterocycles. The van der Waals surface area contributed by atoms with Gasteiger partial charge in [-0.3, -0.25) is 9.69 Å². The first-order valence-corrected chi connectivity index (χ1v) is 12.1. The van der Waals surface area contributed by atoms with Gasteiger partial charge in [-0.05, 0) is 68.4 Å². The summed E-state index contributed by atoms with van der Waals surface area (Å²) in [6.07, 6.45) is 6.39. The Morgan fingerprint density at radius 1 is 1.00 bits per heavy atom. The van der Waals surface area contributed by atoms with Gasteiger partial charge in [-0.2, -0.15) is 0 Å². The van der Waals surface area contributed by atoms with Gasteiger partial charge >= 0.3 is 0 Å². The highest BCUT2D eigenvalue weighted by Gasteiger charge is 2.25. The molecule has 0 unspecified atom stereocenters. The molecule has 2 aliphatic heterocycles. The summed E-state index contributed by atoms with van der Waals surface area (Å²) in [7, 11) is 0. The average molecular weight is 437 g/mol. The van der Waals surface area contributed by atoms with Gasteiger partial charge in [0.15, 0.2) is 0 Å². The second-order valence-corrected chi connectivity index (χ2v) is 8.89. The van der Waals surface area contributed by atoms with Crippen molar-refractivity contribution < 1.29 is 9.53 Å². The summed E-state index contributed by atoms with van der Waals surface area (Å²) in [6.45, 7) is 8.76. The number of ether oxygens (including phenoxy) is 1. The van der Waals surface area contributed by atoms with E-state index < -0.39 is 0 Å². The number of piperidine rings is 1. The molecule has 0 spiro atoms. The smallest absolute Gasteiger partial charge is 0.236 e. The number of hydrogen-bond acceptors (Lipinski definition) is 5. The minimum atomic E-state index is 0.293. The van der Waals surface area contributed by atoms with E-state index in [1.165, 1.54) is 12.0 Å². The third-order valence-corrected chi connectivity index (χ3v) is 6.75. The second kappa shape index (κ2) is 11.3. The Labute approximate surface area is 192 Å². The Hall–Kier alpha value is -2.60. The molecule has 0 saturated carbocycles. The van der Waals surface area contributed by atoms with E-state index in [0.29, 0.717) is 25.0 Å². The van der Waals surface area contributed by atoms with E-state index >= 15 is 0 Å². The van der Waals surface area contributed by atoms with Gasteiger partial charge in [-0.25, -0.2) is 4.98 Å². The number of rotatable bonds is 8. The van der Waals surface area contributed by atoms with Gasteiger partial charge in [-0.1, -0.05) is 18.2 Å². The van der Waals surface area contributed by atoms with Crippen LogP contribution in [0.5, 0.6) is 5.75 Å². The summed E-state index contributed by atoms with van der Waals surface area (Å²) in [5.74, 6) is 2.99. The Balaban J connectivity index is 1.14. The number of aromatic nitrogens is 1. The van der Waals surface area contributed by atoms with Crippen molar-refractivity contribution in [2.24, 2.45) is 5.92 Å². The van der Waals surface area contributed by atoms with E-state index in [1.54, 1.807) is 0 Å². The highest BCUT2D eigenvalue weighted by Crippen LogP contribution is 2.23. The van der Waals surface area contributed by atoms with Crippen LogP contribution in [-0.4, -0.2) is 73.1 Å². The maximum Gasteiger partial charge on any atom is 0.236 e. The molecule has 32 heavy (non-hydrogen) atoms. The number of hydrogen-bond donors (Lipinski definition) is 0. The molecule has 0 aliphatic carbocycles. The number of likely N-dealkylation sites (tertiary alicyclic amines) is 1. The van der Waals surface area contributed by atoms with Gasteiger partial charge in [0, 0.05) is 45.5 Å². The number of pyridine rings is 1. The highest BCUT2D eigenvalue weighted by molar-refractivity contribution is 5.78. The van der Waals surface area contributed by atoms with Crippen molar-refractivity contribution >= 4 is 11.7 Å². The van der Waals surface area contributed by atoms with Crippen LogP contribution in [0.1, 0.15) is 31.7 Å². The molecule has 1 aromatic carbocycles. The summed E-state index contributed by atoms with van der Waals surface area (Å²) in [5.41, 5.74) is 1.37. The van der Waals surface area contributed by atoms with Gasteiger partial charge in [-0.15, -0.1) is 0 Å². The quantitative estimate of drug-likeness (QED) is 0.634. The van der Waals surface area contributed by atoms with Crippen LogP contribution >= 0.6 is 0 Å². The maximum atomic E-state index is 12.8. The van der Waals surface area contributed by atoms with Gasteiger partial charge < -0.3 is 14.5 Å². The van der Waals surface area contributed by atoms with Gasteiger partial charge in [0.1, 0.15) is 11.6 Å². The van der Waals surface area contributed by atoms with Crippen molar-refractivity contribution in [1.82, 2.24) is 14.8 Å². The fraction of sp³-hybridized carbons (Fsp3) is 0.538. The molecule has 2 aromatic rings. The molecule has 1 amide bonds. The summed E-state index contributed by atoms with van der Waals surface area (Å²) >= 11 is 0. The Kier molecular flexibility index (Phi) is 7.99. The Morgan fingerprint density at radius 2 is 1.75 bits per heavy atom. The third-order valence-electron chi connectivity index (χ3n) is 6.75. The number of carbonyl (C=O) groups excluding carboxylic acids is 1. The van der Waals surface area contributed by atoms with Gasteiger partial charge in [0.05, 0.1) is 13.2 Å². The van der Waals surface area contributed by atoms with Crippen LogP contribution in [0.25, 0.3) is 0 Å². The van der Waals surface area contributed by atoms with Crippen LogP contribution in [-0.2, 0) is 11.2 Å². The van der Waals surface area contributed by atoms with E-state index in [-0.39, 0.29) is 0 Å². The molecule has 2 aliphatic rings. The lowest BCUT2D eigenvalue weighted by molar-refractivity contribution is -0.133. The van der Waals surface area contributed by atoms with Crippen molar-refractivity contribution in [3.8, 4) is 5.75 Å². The first kappa shape index (κ1) is 22.6. The number of piperazine rings is 1. The second-order valence-electron chi connectivity index (χ2n) is 8.89. The third kappa shape index (κ3) is 6.22. The molecule has 6 nitrogen and oxygen atoms in total. The zero-order chi connectivity index (χ0) is 22.2. The predicted octanol–water partition coefficient (Wildman–Crippen LogP) is 3.47. The molecular weight excluding hydrogens is 400 g/mol. The van der Waals surface area contributed by atoms with Crippen LogP contribution in [0, 0.1) is 5.92 Å². The number of anilines is 1. The first-order chi connectivity index (χ1) is 15.7. The zero-order valence-electron chi connectivity index (χ0n) is 19.3. The van der Waals surface area contributed by atoms with Crippen LogP contribution in [0.3, 0.4) is 0 Å². The van der Waals surface area contributed by atoms with E-state index in [1.807, 2.05) is 25.3 Å². The first-order valence-electron chi connectivity index (χ1n) is 12.1. The van der Waals surface area contributed by atoms with Crippen LogP contribution in [0.2, 0.25) is 0 Å². The normalized spacial score (nSPS) is 18.0. The maximum absolute atomic E-state index is 12.8. The van der Waals surface area contributed by atoms with Crippen molar-refractivity contribution in [2.75, 3.05) is 57.3 Å². The summed E-state index contributed by atoms with van der Waals surface area (Å²) in [4.78, 5) is 24.0. The lowest BCUT2D eigenvalue weighted by atomic mass is 9.90. The zero-order valence-corrected chi connectivity index (χ0v) is 19.3. The minimum Gasteiger partial charge on any atom is -0.494 e. The lowest BCUT2D eigenvalue weighted by Gasteiger charge is -2.37. The summed E-state index contributed by atoms with van der Waals surface area (Å²) in [6, 6.07) is 14.5. The van der Waals surface area contributed by atoms with E-state index in [4.69, 9.17) is 4.74 Å². The van der Waals surface area contributed by atoms with Crippen molar-refractivity contribution in [1.29, 1.82) is 0 Å². The number of nitrogens with zero attached hydrogens (tertiary/aromatic N) is 4. The lowest BCUT2D eigenvalue weighted by Crippen LogP contribution is -2.51. The van der Waals surface area contributed by atoms with Crippen LogP contribution in [0.4, 0.5) is 5.82 Å². The van der Waals surface area contributed by atoms with Crippen molar-refractivity contribution in [2.45, 2.75) is 32.6 Å². The molecule has 4 rings (SSSR count). The van der Waals surface area contributed by atoms with Gasteiger partial charge in [0.2, 0.25) is 5.91 Å². The van der Waals surface area contributed by atoms with E-state index in [9.17, 15) is 4.79 Å². The fourth-order valence-electron chi connectivity index (χ4n) is 4.73. The Morgan fingerprint density at radius 3 is 2.41 bits per heavy atom. The molecule has 3 heterocycles. The number of aryl methyl sites for hydroxylation is 1. The average Bonchev–Trinajstić information content (AvgIpc) is 2.85. The molecule has 0 radical (unpaired) electrons. The standard InChI is InChI=1S/C26H36N4O2/c1-2-32-24-10-8-22(9-11-24)6-7-23-12-15-30(16-13-23)26(31)21-28-17-19-29(20-18-28)25-5-3-4-14-27-25/h3-5,8-11,14,23H,2,6-7,12-13,15-21H2,1H3. The molecule has 0 N–H and O–H groups in total. The monoisotopic (exact) mass is 436 g/mol. The van der Waals surface area contributed by atoms with Crippen LogP contribution < -0.4 is 9.64 Å². The SMILES string of the molecule is CCOc1ccc(CCC2CCN(C(=O)CN3CCN(c4ccccn4)CC3)CC2)cc1. The number of carbonyl (C=O) groups is 1. The fourth-order valence-corrected chi connectivity index (χ4v) is 4.73. The van der Waals surface area contributed by atoms with E-state index in [2.05, 4.69) is 50.0 Å². The Bertz CT molecular complexity index is 827. The number of benzene rings is 1. The topological polar surface area (TPSA) is 48.9 Å². The minimum absolute atomic E-state index is 0.293. The van der Waals surface area contributed by atoms with Gasteiger partial charge in [0.25, 0.3) is 0 Å².